The predicted octanol–water partition coefficient (Wildman–Crippen LogP) is 4.43. The second-order valence-electron chi connectivity index (χ2n) is 4.28. The number of ketones is 1. The molecule has 2 nitrogen and oxygen atoms in total. The largest absolute Gasteiger partial charge is 0.294 e. The van der Waals surface area contributed by atoms with Gasteiger partial charge in [-0.3, -0.25) is 9.79 Å². The van der Waals surface area contributed by atoms with Crippen molar-refractivity contribution in [2.45, 2.75) is 13.0 Å². The van der Waals surface area contributed by atoms with Gasteiger partial charge in [-0.2, -0.15) is 0 Å². The number of nitrogens with zero attached hydrogens (tertiary/aromatic N) is 1. The molecule has 0 aliphatic heterocycles. The summed E-state index contributed by atoms with van der Waals surface area (Å²) in [5.41, 5.74) is 1.58. The minimum absolute atomic E-state index is 0.0281. The fraction of sp³-hybridized carbons (Fsp3) is 0.125. The molecule has 0 heterocycles. The zero-order chi connectivity index (χ0) is 14.4. The van der Waals surface area contributed by atoms with E-state index >= 15 is 0 Å². The van der Waals surface area contributed by atoms with Crippen molar-refractivity contribution in [1.82, 2.24) is 0 Å². The third kappa shape index (κ3) is 4.38. The van der Waals surface area contributed by atoms with Crippen molar-refractivity contribution in [3.8, 4) is 0 Å². The Morgan fingerprint density at radius 3 is 2.40 bits per heavy atom. The predicted molar refractivity (Wildman–Crippen MR) is 81.7 cm³/mol. The Balaban J connectivity index is 1.85. The molecule has 2 rings (SSSR count). The van der Waals surface area contributed by atoms with Gasteiger partial charge in [0.1, 0.15) is 5.82 Å². The summed E-state index contributed by atoms with van der Waals surface area (Å²) in [7, 11) is 0. The lowest BCUT2D eigenvalue weighted by Crippen LogP contribution is -1.99. The zero-order valence-electron chi connectivity index (χ0n) is 10.7. The van der Waals surface area contributed by atoms with Crippen LogP contribution in [0.1, 0.15) is 22.3 Å². The van der Waals surface area contributed by atoms with Crippen LogP contribution in [-0.4, -0.2) is 12.0 Å². The van der Waals surface area contributed by atoms with Crippen LogP contribution in [0.4, 0.5) is 4.39 Å². The van der Waals surface area contributed by atoms with Crippen LogP contribution in [0.5, 0.6) is 0 Å². The fourth-order valence-electron chi connectivity index (χ4n) is 1.66. The van der Waals surface area contributed by atoms with Crippen molar-refractivity contribution >= 4 is 27.9 Å². The summed E-state index contributed by atoms with van der Waals surface area (Å²) in [4.78, 5) is 16.0. The Bertz CT molecular complexity index is 605. The molecule has 102 valence electrons. The first-order chi connectivity index (χ1) is 9.65. The van der Waals surface area contributed by atoms with Gasteiger partial charge in [0, 0.05) is 22.7 Å². The second-order valence-corrected chi connectivity index (χ2v) is 5.20. The molecule has 0 saturated carbocycles. The molecule has 0 fully saturated rings. The maximum Gasteiger partial charge on any atom is 0.168 e. The molecule has 20 heavy (non-hydrogen) atoms. The molecule has 0 aliphatic carbocycles. The van der Waals surface area contributed by atoms with E-state index in [1.54, 1.807) is 30.5 Å². The Morgan fingerprint density at radius 2 is 1.75 bits per heavy atom. The third-order valence-electron chi connectivity index (χ3n) is 2.76. The molecule has 0 saturated heterocycles. The average molecular weight is 334 g/mol. The summed E-state index contributed by atoms with van der Waals surface area (Å²) >= 11 is 3.33. The molecule has 2 aromatic carbocycles. The van der Waals surface area contributed by atoms with Crippen molar-refractivity contribution < 1.29 is 9.18 Å². The number of hydrogen-bond donors (Lipinski definition) is 0. The topological polar surface area (TPSA) is 29.4 Å². The first-order valence-corrected chi connectivity index (χ1v) is 6.96. The Morgan fingerprint density at radius 1 is 1.10 bits per heavy atom. The van der Waals surface area contributed by atoms with Crippen LogP contribution in [0.25, 0.3) is 0 Å². The van der Waals surface area contributed by atoms with Gasteiger partial charge < -0.3 is 0 Å². The maximum atomic E-state index is 12.7. The number of Topliss-reactive ketones (excluding diaryl/α,β-unsaturated/α-hetero) is 1. The molecule has 0 atom stereocenters. The number of halogens is 2. The molecular formula is C16H13BrFNO. The lowest BCUT2D eigenvalue weighted by Gasteiger charge is -1.98. The minimum atomic E-state index is -0.261. The molecule has 0 radical (unpaired) electrons. The van der Waals surface area contributed by atoms with E-state index in [1.807, 2.05) is 12.1 Å². The summed E-state index contributed by atoms with van der Waals surface area (Å²) in [6.45, 7) is 0.452. The van der Waals surface area contributed by atoms with Crippen LogP contribution < -0.4 is 0 Å². The Labute approximate surface area is 125 Å². The van der Waals surface area contributed by atoms with Crippen molar-refractivity contribution in [3.05, 3.63) is 69.9 Å². The molecule has 0 N–H and O–H groups in total. The van der Waals surface area contributed by atoms with E-state index in [9.17, 15) is 9.18 Å². The molecule has 0 amide bonds. The number of hydrogen-bond acceptors (Lipinski definition) is 2. The van der Waals surface area contributed by atoms with Crippen LogP contribution >= 0.6 is 15.9 Å². The van der Waals surface area contributed by atoms with Gasteiger partial charge in [-0.15, -0.1) is 0 Å². The van der Waals surface area contributed by atoms with Gasteiger partial charge in [-0.25, -0.2) is 4.39 Å². The van der Waals surface area contributed by atoms with Gasteiger partial charge in [0.25, 0.3) is 0 Å². The summed E-state index contributed by atoms with van der Waals surface area (Å²) in [5.74, 6) is -0.233. The highest BCUT2D eigenvalue weighted by Gasteiger charge is 2.03. The Kier molecular flexibility index (Phi) is 5.18. The fourth-order valence-corrected chi connectivity index (χ4v) is 1.93. The van der Waals surface area contributed by atoms with Gasteiger partial charge in [-0.1, -0.05) is 40.2 Å². The number of carbonyl (C=O) groups excluding carboxylic acids is 1. The summed E-state index contributed by atoms with van der Waals surface area (Å²) in [6, 6.07) is 13.4. The van der Waals surface area contributed by atoms with E-state index in [-0.39, 0.29) is 18.0 Å². The maximum absolute atomic E-state index is 12.7. The molecule has 2 aromatic rings. The molecule has 0 aliphatic rings. The SMILES string of the molecule is O=C(CC=NCc1ccc(F)cc1)c1ccc(Br)cc1. The molecule has 0 spiro atoms. The molecule has 0 aromatic heterocycles. The molecular weight excluding hydrogens is 321 g/mol. The molecule has 0 unspecified atom stereocenters. The first kappa shape index (κ1) is 14.6. The van der Waals surface area contributed by atoms with Gasteiger partial charge in [0.15, 0.2) is 5.78 Å². The lowest BCUT2D eigenvalue weighted by molar-refractivity contribution is 0.100. The highest BCUT2D eigenvalue weighted by molar-refractivity contribution is 9.10. The highest BCUT2D eigenvalue weighted by atomic mass is 79.9. The summed E-state index contributed by atoms with van der Waals surface area (Å²) < 4.78 is 13.7. The van der Waals surface area contributed by atoms with Crippen LogP contribution in [0.15, 0.2) is 58.0 Å². The number of rotatable bonds is 5. The van der Waals surface area contributed by atoms with E-state index in [4.69, 9.17) is 0 Å². The lowest BCUT2D eigenvalue weighted by atomic mass is 10.1. The zero-order valence-corrected chi connectivity index (χ0v) is 12.3. The first-order valence-electron chi connectivity index (χ1n) is 6.16. The van der Waals surface area contributed by atoms with E-state index < -0.39 is 0 Å². The van der Waals surface area contributed by atoms with Crippen molar-refractivity contribution in [2.24, 2.45) is 4.99 Å². The van der Waals surface area contributed by atoms with E-state index in [2.05, 4.69) is 20.9 Å². The normalized spacial score (nSPS) is 10.9. The van der Waals surface area contributed by atoms with Crippen LogP contribution in [-0.2, 0) is 6.54 Å². The minimum Gasteiger partial charge on any atom is -0.294 e. The quantitative estimate of drug-likeness (QED) is 0.587. The van der Waals surface area contributed by atoms with Crippen molar-refractivity contribution in [3.63, 3.8) is 0 Å². The number of benzene rings is 2. The van der Waals surface area contributed by atoms with Crippen molar-refractivity contribution in [1.29, 1.82) is 0 Å². The monoisotopic (exact) mass is 333 g/mol. The van der Waals surface area contributed by atoms with Gasteiger partial charge >= 0.3 is 0 Å². The third-order valence-corrected chi connectivity index (χ3v) is 3.29. The van der Waals surface area contributed by atoms with E-state index in [0.29, 0.717) is 12.1 Å². The van der Waals surface area contributed by atoms with Gasteiger partial charge in [0.2, 0.25) is 0 Å². The summed E-state index contributed by atoms with van der Waals surface area (Å²) in [6.07, 6.45) is 1.87. The second kappa shape index (κ2) is 7.10. The Hall–Kier alpha value is -1.81. The van der Waals surface area contributed by atoms with Gasteiger partial charge in [0.05, 0.1) is 6.54 Å². The standard InChI is InChI=1S/C16H13BrFNO/c17-14-5-3-13(4-6-14)16(20)9-10-19-11-12-1-7-15(18)8-2-12/h1-8,10H,9,11H2. The van der Waals surface area contributed by atoms with Crippen LogP contribution in [0, 0.1) is 5.82 Å². The van der Waals surface area contributed by atoms with E-state index in [1.165, 1.54) is 12.1 Å². The van der Waals surface area contributed by atoms with E-state index in [0.717, 1.165) is 10.0 Å². The molecule has 0 bridgehead atoms. The number of aliphatic imine (C=N–C) groups is 1. The van der Waals surface area contributed by atoms with Crippen LogP contribution in [0.3, 0.4) is 0 Å². The summed E-state index contributed by atoms with van der Waals surface area (Å²) in [5, 5.41) is 0. The van der Waals surface area contributed by atoms with Crippen LogP contribution in [0.2, 0.25) is 0 Å². The van der Waals surface area contributed by atoms with Gasteiger partial charge in [-0.05, 0) is 29.8 Å². The number of carbonyl (C=O) groups is 1. The highest BCUT2D eigenvalue weighted by Crippen LogP contribution is 2.11. The van der Waals surface area contributed by atoms with Crippen molar-refractivity contribution in [2.75, 3.05) is 0 Å². The smallest absolute Gasteiger partial charge is 0.168 e. The average Bonchev–Trinajstić information content (AvgIpc) is 2.46. The molecule has 4 heteroatoms.